The molecule has 114 valence electrons. The Morgan fingerprint density at radius 3 is 2.86 bits per heavy atom. The molecule has 0 radical (unpaired) electrons. The van der Waals surface area contributed by atoms with E-state index in [0.717, 1.165) is 18.4 Å². The highest BCUT2D eigenvalue weighted by Crippen LogP contribution is 2.34. The van der Waals surface area contributed by atoms with Crippen molar-refractivity contribution in [2.75, 3.05) is 17.2 Å². The van der Waals surface area contributed by atoms with Gasteiger partial charge < -0.3 is 16.4 Å². The second kappa shape index (κ2) is 6.53. The van der Waals surface area contributed by atoms with Crippen molar-refractivity contribution in [1.29, 1.82) is 0 Å². The molecule has 1 heterocycles. The van der Waals surface area contributed by atoms with E-state index in [1.54, 1.807) is 6.07 Å². The van der Waals surface area contributed by atoms with E-state index in [1.165, 1.54) is 6.07 Å². The first kappa shape index (κ1) is 15.2. The molecule has 0 spiro atoms. The number of hydrogen-bond donors (Lipinski definition) is 3. The lowest BCUT2D eigenvalue weighted by Crippen LogP contribution is -2.29. The average molecular weight is 292 g/mol. The third-order valence-corrected chi connectivity index (χ3v) is 3.59. The predicted octanol–water partition coefficient (Wildman–Crippen LogP) is 2.02. The number of rotatable bonds is 6. The van der Waals surface area contributed by atoms with Crippen LogP contribution in [0.4, 0.5) is 17.1 Å². The summed E-state index contributed by atoms with van der Waals surface area (Å²) in [6, 6.07) is 3.18. The van der Waals surface area contributed by atoms with Gasteiger partial charge in [-0.1, -0.05) is 13.3 Å². The third-order valence-electron chi connectivity index (χ3n) is 3.59. The van der Waals surface area contributed by atoms with Gasteiger partial charge in [-0.2, -0.15) is 0 Å². The molecule has 7 heteroatoms. The fraction of sp³-hybridized carbons (Fsp3) is 0.500. The Bertz CT molecular complexity index is 559. The molecular formula is C14H20N4O3. The van der Waals surface area contributed by atoms with Crippen molar-refractivity contribution in [2.45, 2.75) is 38.6 Å². The molecule has 2 rings (SSSR count). The summed E-state index contributed by atoms with van der Waals surface area (Å²) in [5.41, 5.74) is 7.58. The fourth-order valence-corrected chi connectivity index (χ4v) is 2.50. The van der Waals surface area contributed by atoms with E-state index in [1.807, 2.05) is 6.92 Å². The Morgan fingerprint density at radius 1 is 1.48 bits per heavy atom. The van der Waals surface area contributed by atoms with Crippen LogP contribution in [-0.4, -0.2) is 23.4 Å². The fourth-order valence-electron chi connectivity index (χ4n) is 2.50. The van der Waals surface area contributed by atoms with Gasteiger partial charge in [0, 0.05) is 25.1 Å². The number of anilines is 2. The lowest BCUT2D eigenvalue weighted by molar-refractivity contribution is -0.383. The first-order valence-electron chi connectivity index (χ1n) is 7.13. The largest absolute Gasteiger partial charge is 0.375 e. The number of aryl methyl sites for hydroxylation is 1. The van der Waals surface area contributed by atoms with Crippen LogP contribution in [0.2, 0.25) is 0 Å². The van der Waals surface area contributed by atoms with Gasteiger partial charge in [0.1, 0.15) is 5.69 Å². The zero-order chi connectivity index (χ0) is 15.4. The van der Waals surface area contributed by atoms with Crippen molar-refractivity contribution in [3.05, 3.63) is 27.8 Å². The minimum Gasteiger partial charge on any atom is -0.375 e. The number of fused-ring (bicyclic) bond motifs is 1. The van der Waals surface area contributed by atoms with E-state index in [2.05, 4.69) is 10.6 Å². The molecule has 1 amide bonds. The van der Waals surface area contributed by atoms with Crippen LogP contribution in [0, 0.1) is 10.1 Å². The zero-order valence-electron chi connectivity index (χ0n) is 12.0. The van der Waals surface area contributed by atoms with Gasteiger partial charge in [-0.25, -0.2) is 0 Å². The molecule has 1 aromatic rings. The topological polar surface area (TPSA) is 110 Å². The number of carbonyl (C=O) groups excluding carboxylic acids is 1. The van der Waals surface area contributed by atoms with Crippen molar-refractivity contribution in [3.63, 3.8) is 0 Å². The number of amides is 1. The molecule has 1 aliphatic heterocycles. The molecule has 1 atom stereocenters. The van der Waals surface area contributed by atoms with Crippen LogP contribution in [0.1, 0.15) is 31.7 Å². The maximum absolute atomic E-state index is 11.4. The zero-order valence-corrected chi connectivity index (χ0v) is 12.0. The molecule has 1 aromatic carbocycles. The molecule has 7 nitrogen and oxygen atoms in total. The van der Waals surface area contributed by atoms with E-state index >= 15 is 0 Å². The molecule has 0 aromatic heterocycles. The predicted molar refractivity (Wildman–Crippen MR) is 81.4 cm³/mol. The number of carbonyl (C=O) groups is 1. The van der Waals surface area contributed by atoms with Crippen LogP contribution < -0.4 is 16.4 Å². The summed E-state index contributed by atoms with van der Waals surface area (Å²) >= 11 is 0. The SMILES string of the molecule is CCCC(CN)Nc1cc2c(cc1[N+](=O)[O-])NC(=O)CC2. The minimum atomic E-state index is -0.442. The standard InChI is InChI=1S/C14H20N4O3/c1-2-3-10(8-15)16-12-6-9-4-5-14(19)17-11(9)7-13(12)18(20)21/h6-7,10,16H,2-5,8,15H2,1H3,(H,17,19). The number of nitro benzene ring substituents is 1. The van der Waals surface area contributed by atoms with Crippen LogP contribution in [0.3, 0.4) is 0 Å². The molecule has 0 saturated carbocycles. The van der Waals surface area contributed by atoms with Gasteiger partial charge in [0.2, 0.25) is 5.91 Å². The molecule has 0 saturated heterocycles. The summed E-state index contributed by atoms with van der Waals surface area (Å²) < 4.78 is 0. The van der Waals surface area contributed by atoms with E-state index in [-0.39, 0.29) is 17.6 Å². The molecule has 1 unspecified atom stereocenters. The van der Waals surface area contributed by atoms with Crippen molar-refractivity contribution in [3.8, 4) is 0 Å². The van der Waals surface area contributed by atoms with E-state index in [4.69, 9.17) is 5.73 Å². The Morgan fingerprint density at radius 2 is 2.24 bits per heavy atom. The number of nitro groups is 1. The van der Waals surface area contributed by atoms with Gasteiger partial charge in [-0.15, -0.1) is 0 Å². The monoisotopic (exact) mass is 292 g/mol. The number of nitrogens with zero attached hydrogens (tertiary/aromatic N) is 1. The Labute approximate surface area is 123 Å². The second-order valence-corrected chi connectivity index (χ2v) is 5.20. The van der Waals surface area contributed by atoms with Crippen LogP contribution in [0.25, 0.3) is 0 Å². The number of nitrogens with two attached hydrogens (primary N) is 1. The van der Waals surface area contributed by atoms with Gasteiger partial charge in [0.25, 0.3) is 5.69 Å². The van der Waals surface area contributed by atoms with Crippen LogP contribution >= 0.6 is 0 Å². The van der Waals surface area contributed by atoms with Gasteiger partial charge in [0.15, 0.2) is 0 Å². The summed E-state index contributed by atoms with van der Waals surface area (Å²) in [6.07, 6.45) is 2.79. The quantitative estimate of drug-likeness (QED) is 0.548. The summed E-state index contributed by atoms with van der Waals surface area (Å²) in [6.45, 7) is 2.46. The normalized spacial score (nSPS) is 15.0. The molecule has 4 N–H and O–H groups in total. The summed E-state index contributed by atoms with van der Waals surface area (Å²) in [4.78, 5) is 22.2. The Kier molecular flexibility index (Phi) is 4.74. The Hall–Kier alpha value is -2.15. The molecule has 1 aliphatic rings. The van der Waals surface area contributed by atoms with Gasteiger partial charge in [0.05, 0.1) is 10.6 Å². The first-order valence-corrected chi connectivity index (χ1v) is 7.13. The summed E-state index contributed by atoms with van der Waals surface area (Å²) in [5.74, 6) is -0.108. The van der Waals surface area contributed by atoms with Crippen LogP contribution in [0.5, 0.6) is 0 Å². The Balaban J connectivity index is 2.35. The van der Waals surface area contributed by atoms with E-state index in [0.29, 0.717) is 30.8 Å². The molecular weight excluding hydrogens is 272 g/mol. The van der Waals surface area contributed by atoms with Crippen molar-refractivity contribution >= 4 is 23.0 Å². The van der Waals surface area contributed by atoms with Gasteiger partial charge in [-0.3, -0.25) is 14.9 Å². The van der Waals surface area contributed by atoms with E-state index < -0.39 is 4.92 Å². The average Bonchev–Trinajstić information content (AvgIpc) is 2.46. The molecule has 0 aliphatic carbocycles. The second-order valence-electron chi connectivity index (χ2n) is 5.20. The van der Waals surface area contributed by atoms with Crippen LogP contribution in [-0.2, 0) is 11.2 Å². The maximum Gasteiger partial charge on any atom is 0.294 e. The highest BCUT2D eigenvalue weighted by Gasteiger charge is 2.23. The number of nitrogens with one attached hydrogen (secondary N) is 2. The van der Waals surface area contributed by atoms with Gasteiger partial charge >= 0.3 is 0 Å². The maximum atomic E-state index is 11.4. The minimum absolute atomic E-state index is 0.00457. The number of hydrogen-bond acceptors (Lipinski definition) is 5. The molecule has 0 bridgehead atoms. The van der Waals surface area contributed by atoms with Crippen molar-refractivity contribution in [2.24, 2.45) is 5.73 Å². The summed E-state index contributed by atoms with van der Waals surface area (Å²) in [5, 5.41) is 17.1. The first-order chi connectivity index (χ1) is 10.0. The lowest BCUT2D eigenvalue weighted by Gasteiger charge is -2.21. The molecule has 21 heavy (non-hydrogen) atoms. The highest BCUT2D eigenvalue weighted by molar-refractivity contribution is 5.95. The lowest BCUT2D eigenvalue weighted by atomic mass is 10.0. The van der Waals surface area contributed by atoms with Crippen LogP contribution in [0.15, 0.2) is 12.1 Å². The third kappa shape index (κ3) is 3.49. The highest BCUT2D eigenvalue weighted by atomic mass is 16.6. The number of benzene rings is 1. The smallest absolute Gasteiger partial charge is 0.294 e. The molecule has 0 fully saturated rings. The van der Waals surface area contributed by atoms with Crippen molar-refractivity contribution in [1.82, 2.24) is 0 Å². The summed E-state index contributed by atoms with van der Waals surface area (Å²) in [7, 11) is 0. The van der Waals surface area contributed by atoms with E-state index in [9.17, 15) is 14.9 Å². The van der Waals surface area contributed by atoms with Gasteiger partial charge in [-0.05, 0) is 24.5 Å². The van der Waals surface area contributed by atoms with Crippen molar-refractivity contribution < 1.29 is 9.72 Å².